The topological polar surface area (TPSA) is 84.2 Å². The highest BCUT2D eigenvalue weighted by molar-refractivity contribution is 6.34. The summed E-state index contributed by atoms with van der Waals surface area (Å²) in [6, 6.07) is 12.2. The Bertz CT molecular complexity index is 949. The van der Waals surface area contributed by atoms with Crippen molar-refractivity contribution in [2.75, 3.05) is 5.32 Å². The Kier molecular flexibility index (Phi) is 4.22. The number of fused-ring (bicyclic) bond motifs is 1. The zero-order valence-corrected chi connectivity index (χ0v) is 13.5. The van der Waals surface area contributed by atoms with Crippen LogP contribution in [0.4, 0.5) is 5.69 Å². The van der Waals surface area contributed by atoms with Crippen molar-refractivity contribution in [3.05, 3.63) is 58.7 Å². The zero-order valence-electron chi connectivity index (χ0n) is 12.8. The van der Waals surface area contributed by atoms with E-state index in [1.165, 1.54) is 0 Å². The van der Waals surface area contributed by atoms with E-state index >= 15 is 0 Å². The van der Waals surface area contributed by atoms with Crippen LogP contribution >= 0.6 is 11.6 Å². The predicted molar refractivity (Wildman–Crippen MR) is 91.5 cm³/mol. The van der Waals surface area contributed by atoms with Gasteiger partial charge in [-0.25, -0.2) is 0 Å². The number of hydrogen-bond acceptors (Lipinski definition) is 3. The van der Waals surface area contributed by atoms with Gasteiger partial charge < -0.3 is 10.4 Å². The van der Waals surface area contributed by atoms with Crippen molar-refractivity contribution >= 4 is 40.1 Å². The Morgan fingerprint density at radius 3 is 2.71 bits per heavy atom. The van der Waals surface area contributed by atoms with Crippen molar-refractivity contribution in [2.24, 2.45) is 7.05 Å². The normalized spacial score (nSPS) is 10.8. The van der Waals surface area contributed by atoms with E-state index in [2.05, 4.69) is 10.4 Å². The Morgan fingerprint density at radius 1 is 1.21 bits per heavy atom. The smallest absolute Gasteiger partial charge is 0.307 e. The van der Waals surface area contributed by atoms with Crippen LogP contribution in [0.1, 0.15) is 16.1 Å². The molecular weight excluding hydrogens is 330 g/mol. The highest BCUT2D eigenvalue weighted by Gasteiger charge is 2.19. The second-order valence-electron chi connectivity index (χ2n) is 5.29. The largest absolute Gasteiger partial charge is 0.481 e. The van der Waals surface area contributed by atoms with E-state index < -0.39 is 11.9 Å². The van der Waals surface area contributed by atoms with Crippen LogP contribution in [0.15, 0.2) is 42.5 Å². The van der Waals surface area contributed by atoms with E-state index in [4.69, 9.17) is 16.7 Å². The van der Waals surface area contributed by atoms with Gasteiger partial charge in [-0.05, 0) is 17.7 Å². The molecule has 0 aliphatic carbocycles. The molecule has 0 atom stereocenters. The van der Waals surface area contributed by atoms with Crippen molar-refractivity contribution in [1.82, 2.24) is 9.78 Å². The molecule has 0 radical (unpaired) electrons. The molecule has 1 aromatic heterocycles. The molecule has 0 spiro atoms. The lowest BCUT2D eigenvalue weighted by molar-refractivity contribution is -0.136. The maximum atomic E-state index is 12.6. The van der Waals surface area contributed by atoms with Gasteiger partial charge >= 0.3 is 5.97 Å². The van der Waals surface area contributed by atoms with E-state index in [-0.39, 0.29) is 17.1 Å². The molecule has 3 aromatic rings. The number of nitrogens with zero attached hydrogens (tertiary/aromatic N) is 2. The Morgan fingerprint density at radius 2 is 1.96 bits per heavy atom. The zero-order chi connectivity index (χ0) is 17.3. The lowest BCUT2D eigenvalue weighted by Crippen LogP contribution is -2.16. The van der Waals surface area contributed by atoms with Crippen LogP contribution in [0.3, 0.4) is 0 Å². The van der Waals surface area contributed by atoms with Gasteiger partial charge in [0.15, 0.2) is 5.69 Å². The molecule has 0 saturated carbocycles. The van der Waals surface area contributed by atoms with Gasteiger partial charge in [0.25, 0.3) is 5.91 Å². The second-order valence-corrected chi connectivity index (χ2v) is 5.70. The molecule has 2 aromatic carbocycles. The van der Waals surface area contributed by atoms with Crippen LogP contribution in [-0.2, 0) is 18.3 Å². The number of hydrogen-bond donors (Lipinski definition) is 2. The van der Waals surface area contributed by atoms with Gasteiger partial charge in [0.1, 0.15) is 0 Å². The molecule has 0 unspecified atom stereocenters. The summed E-state index contributed by atoms with van der Waals surface area (Å²) in [5.41, 5.74) is 1.81. The number of carboxylic acids is 1. The summed E-state index contributed by atoms with van der Waals surface area (Å²) in [5.74, 6) is -1.44. The van der Waals surface area contributed by atoms with Crippen LogP contribution in [0.5, 0.6) is 0 Å². The minimum absolute atomic E-state index is 0.237. The van der Waals surface area contributed by atoms with Crippen molar-refractivity contribution < 1.29 is 14.7 Å². The van der Waals surface area contributed by atoms with Gasteiger partial charge in [0.2, 0.25) is 0 Å². The van der Waals surface area contributed by atoms with Crippen LogP contribution in [0, 0.1) is 0 Å². The number of benzene rings is 2. The van der Waals surface area contributed by atoms with E-state index in [0.29, 0.717) is 16.6 Å². The Labute approximate surface area is 142 Å². The summed E-state index contributed by atoms with van der Waals surface area (Å²) < 4.78 is 1.62. The SMILES string of the molecule is Cn1nc(C(=O)Nc2c(Cl)cccc2CC(=O)O)c2ccccc21. The summed E-state index contributed by atoms with van der Waals surface area (Å²) in [6.45, 7) is 0. The molecule has 7 heteroatoms. The number of aromatic nitrogens is 2. The first-order valence-electron chi connectivity index (χ1n) is 7.19. The number of nitrogens with one attached hydrogen (secondary N) is 1. The first kappa shape index (κ1) is 16.0. The molecule has 0 saturated heterocycles. The van der Waals surface area contributed by atoms with Crippen LogP contribution in [0.2, 0.25) is 5.02 Å². The molecule has 0 fully saturated rings. The first-order valence-corrected chi connectivity index (χ1v) is 7.57. The van der Waals surface area contributed by atoms with Crippen molar-refractivity contribution in [3.63, 3.8) is 0 Å². The lowest BCUT2D eigenvalue weighted by Gasteiger charge is -2.11. The monoisotopic (exact) mass is 343 g/mol. The van der Waals surface area contributed by atoms with Crippen molar-refractivity contribution in [1.29, 1.82) is 0 Å². The number of para-hydroxylation sites is 2. The number of carbonyl (C=O) groups is 2. The van der Waals surface area contributed by atoms with E-state index in [0.717, 1.165) is 5.52 Å². The number of amides is 1. The van der Waals surface area contributed by atoms with Crippen LogP contribution < -0.4 is 5.32 Å². The summed E-state index contributed by atoms with van der Waals surface area (Å²) in [6.07, 6.45) is -0.237. The minimum atomic E-state index is -1.00. The molecule has 1 amide bonds. The molecule has 2 N–H and O–H groups in total. The number of carbonyl (C=O) groups excluding carboxylic acids is 1. The van der Waals surface area contributed by atoms with Crippen LogP contribution in [0.25, 0.3) is 10.9 Å². The first-order chi connectivity index (χ1) is 11.5. The molecular formula is C17H14ClN3O3. The fraction of sp³-hybridized carbons (Fsp3) is 0.118. The van der Waals surface area contributed by atoms with Gasteiger partial charge in [0, 0.05) is 12.4 Å². The van der Waals surface area contributed by atoms with E-state index in [1.807, 2.05) is 24.3 Å². The summed E-state index contributed by atoms with van der Waals surface area (Å²) in [4.78, 5) is 23.6. The van der Waals surface area contributed by atoms with Gasteiger partial charge in [0.05, 0.1) is 22.6 Å². The maximum absolute atomic E-state index is 12.6. The number of aliphatic carboxylic acids is 1. The molecule has 6 nitrogen and oxygen atoms in total. The third kappa shape index (κ3) is 2.96. The Hall–Kier alpha value is -2.86. The average molecular weight is 344 g/mol. The third-order valence-electron chi connectivity index (χ3n) is 3.65. The van der Waals surface area contributed by atoms with Gasteiger partial charge in [-0.15, -0.1) is 0 Å². The standard InChI is InChI=1S/C17H14ClN3O3/c1-21-13-8-3-2-6-11(13)16(20-21)17(24)19-15-10(9-14(22)23)5-4-7-12(15)18/h2-8H,9H2,1H3,(H,19,24)(H,22,23). The third-order valence-corrected chi connectivity index (χ3v) is 3.97. The summed E-state index contributed by atoms with van der Waals surface area (Å²) >= 11 is 6.13. The van der Waals surface area contributed by atoms with E-state index in [1.54, 1.807) is 29.9 Å². The molecule has 0 bridgehead atoms. The van der Waals surface area contributed by atoms with Gasteiger partial charge in [-0.2, -0.15) is 5.10 Å². The number of halogens is 1. The molecule has 3 rings (SSSR count). The van der Waals surface area contributed by atoms with Gasteiger partial charge in [-0.3, -0.25) is 14.3 Å². The fourth-order valence-electron chi connectivity index (χ4n) is 2.57. The molecule has 0 aliphatic heterocycles. The molecule has 122 valence electrons. The van der Waals surface area contributed by atoms with Crippen LogP contribution in [-0.4, -0.2) is 26.8 Å². The summed E-state index contributed by atoms with van der Waals surface area (Å²) in [7, 11) is 1.75. The molecule has 1 heterocycles. The average Bonchev–Trinajstić information content (AvgIpc) is 2.88. The van der Waals surface area contributed by atoms with E-state index in [9.17, 15) is 9.59 Å². The second kappa shape index (κ2) is 6.33. The maximum Gasteiger partial charge on any atom is 0.307 e. The highest BCUT2D eigenvalue weighted by Crippen LogP contribution is 2.28. The van der Waals surface area contributed by atoms with Crippen molar-refractivity contribution in [2.45, 2.75) is 6.42 Å². The molecule has 0 aliphatic rings. The predicted octanol–water partition coefficient (Wildman–Crippen LogP) is 3.11. The number of anilines is 1. The fourth-order valence-corrected chi connectivity index (χ4v) is 2.81. The number of rotatable bonds is 4. The minimum Gasteiger partial charge on any atom is -0.481 e. The number of carboxylic acid groups (broad SMARTS) is 1. The summed E-state index contributed by atoms with van der Waals surface area (Å²) in [5, 5.41) is 16.9. The number of aryl methyl sites for hydroxylation is 1. The molecule has 24 heavy (non-hydrogen) atoms. The van der Waals surface area contributed by atoms with Gasteiger partial charge in [-0.1, -0.05) is 41.9 Å². The Balaban J connectivity index is 1.99. The lowest BCUT2D eigenvalue weighted by atomic mass is 10.1. The highest BCUT2D eigenvalue weighted by atomic mass is 35.5. The van der Waals surface area contributed by atoms with Crippen molar-refractivity contribution in [3.8, 4) is 0 Å². The quantitative estimate of drug-likeness (QED) is 0.762.